The van der Waals surface area contributed by atoms with Crippen LogP contribution in [0, 0.1) is 5.92 Å². The van der Waals surface area contributed by atoms with E-state index >= 15 is 0 Å². The zero-order valence-corrected chi connectivity index (χ0v) is 15.7. The molecule has 22 heavy (non-hydrogen) atoms. The van der Waals surface area contributed by atoms with Gasteiger partial charge in [0.05, 0.1) is 0 Å². The van der Waals surface area contributed by atoms with Crippen molar-refractivity contribution in [2.45, 2.75) is 52.3 Å². The molecule has 0 aliphatic carbocycles. The SMILES string of the molecule is CPC(CC(C)C)c1cccc2c(OC(C)(C)C)cccc12. The number of rotatable bonds is 5. The summed E-state index contributed by atoms with van der Waals surface area (Å²) in [6, 6.07) is 13.1. The highest BCUT2D eigenvalue weighted by molar-refractivity contribution is 7.37. The smallest absolute Gasteiger partial charge is 0.127 e. The summed E-state index contributed by atoms with van der Waals surface area (Å²) in [5, 5.41) is 2.59. The molecule has 0 saturated heterocycles. The zero-order valence-electron chi connectivity index (χ0n) is 14.7. The van der Waals surface area contributed by atoms with Crippen molar-refractivity contribution < 1.29 is 4.74 Å². The van der Waals surface area contributed by atoms with E-state index in [9.17, 15) is 0 Å². The first-order chi connectivity index (χ1) is 10.3. The van der Waals surface area contributed by atoms with Crippen LogP contribution in [0.3, 0.4) is 0 Å². The van der Waals surface area contributed by atoms with Gasteiger partial charge < -0.3 is 4.74 Å². The Hall–Kier alpha value is -1.07. The van der Waals surface area contributed by atoms with E-state index in [0.717, 1.165) is 20.2 Å². The van der Waals surface area contributed by atoms with Gasteiger partial charge in [0.15, 0.2) is 0 Å². The fourth-order valence-electron chi connectivity index (χ4n) is 2.90. The Morgan fingerprint density at radius 2 is 1.64 bits per heavy atom. The Balaban J connectivity index is 2.51. The molecule has 0 saturated carbocycles. The second kappa shape index (κ2) is 7.01. The van der Waals surface area contributed by atoms with Gasteiger partial charge in [-0.3, -0.25) is 0 Å². The van der Waals surface area contributed by atoms with Crippen LogP contribution in [0.1, 0.15) is 52.3 Å². The van der Waals surface area contributed by atoms with Crippen molar-refractivity contribution in [3.8, 4) is 5.75 Å². The number of hydrogen-bond donors (Lipinski definition) is 0. The molecule has 2 heteroatoms. The molecule has 2 rings (SSSR count). The van der Waals surface area contributed by atoms with Gasteiger partial charge in [-0.05, 0) is 56.8 Å². The Labute approximate surface area is 137 Å². The van der Waals surface area contributed by atoms with Gasteiger partial charge in [-0.2, -0.15) is 0 Å². The van der Waals surface area contributed by atoms with Crippen LogP contribution in [0.2, 0.25) is 0 Å². The molecule has 0 radical (unpaired) electrons. The van der Waals surface area contributed by atoms with Crippen LogP contribution in [0.25, 0.3) is 10.8 Å². The second-order valence-electron chi connectivity index (χ2n) is 7.38. The maximum Gasteiger partial charge on any atom is 0.127 e. The van der Waals surface area contributed by atoms with Crippen molar-refractivity contribution in [2.24, 2.45) is 5.92 Å². The molecule has 2 aromatic carbocycles. The minimum atomic E-state index is -0.172. The molecule has 0 spiro atoms. The number of hydrogen-bond acceptors (Lipinski definition) is 1. The predicted molar refractivity (Wildman–Crippen MR) is 101 cm³/mol. The topological polar surface area (TPSA) is 9.23 Å². The third kappa shape index (κ3) is 4.23. The minimum absolute atomic E-state index is 0.172. The van der Waals surface area contributed by atoms with Crippen LogP contribution < -0.4 is 4.74 Å². The standard InChI is InChI=1S/C20H29OP/c1-14(2)13-19(22-6)17-11-7-10-16-15(17)9-8-12-18(16)21-20(3,4)5/h7-12,14,19,22H,13H2,1-6H3. The van der Waals surface area contributed by atoms with E-state index in [-0.39, 0.29) is 5.60 Å². The van der Waals surface area contributed by atoms with Gasteiger partial charge in [-0.15, -0.1) is 8.58 Å². The summed E-state index contributed by atoms with van der Waals surface area (Å²) in [6.07, 6.45) is 1.25. The summed E-state index contributed by atoms with van der Waals surface area (Å²) >= 11 is 0. The van der Waals surface area contributed by atoms with E-state index < -0.39 is 0 Å². The molecular formula is C20H29OP. The molecule has 1 nitrogen and oxygen atoms in total. The van der Waals surface area contributed by atoms with Crippen molar-refractivity contribution >= 4 is 19.4 Å². The van der Waals surface area contributed by atoms with Gasteiger partial charge in [0, 0.05) is 11.0 Å². The first-order valence-corrected chi connectivity index (χ1v) is 9.77. The van der Waals surface area contributed by atoms with E-state index in [4.69, 9.17) is 4.74 Å². The van der Waals surface area contributed by atoms with Crippen LogP contribution >= 0.6 is 8.58 Å². The summed E-state index contributed by atoms with van der Waals surface area (Å²) in [6.45, 7) is 13.3. The molecule has 120 valence electrons. The van der Waals surface area contributed by atoms with E-state index in [1.807, 2.05) is 0 Å². The largest absolute Gasteiger partial charge is 0.488 e. The highest BCUT2D eigenvalue weighted by Gasteiger charge is 2.17. The van der Waals surface area contributed by atoms with Crippen molar-refractivity contribution in [3.63, 3.8) is 0 Å². The first kappa shape index (κ1) is 17.3. The number of ether oxygens (including phenoxy) is 1. The molecule has 0 aliphatic heterocycles. The third-order valence-electron chi connectivity index (χ3n) is 3.76. The van der Waals surface area contributed by atoms with Gasteiger partial charge in [-0.1, -0.05) is 44.2 Å². The van der Waals surface area contributed by atoms with Gasteiger partial charge in [0.25, 0.3) is 0 Å². The maximum atomic E-state index is 6.17. The average molecular weight is 316 g/mol. The molecule has 0 N–H and O–H groups in total. The molecule has 2 atom stereocenters. The molecule has 0 heterocycles. The van der Waals surface area contributed by atoms with Gasteiger partial charge in [-0.25, -0.2) is 0 Å². The van der Waals surface area contributed by atoms with Crippen molar-refractivity contribution in [1.82, 2.24) is 0 Å². The van der Waals surface area contributed by atoms with Crippen LogP contribution in [0.15, 0.2) is 36.4 Å². The quantitative estimate of drug-likeness (QED) is 0.579. The van der Waals surface area contributed by atoms with Gasteiger partial charge >= 0.3 is 0 Å². The van der Waals surface area contributed by atoms with Crippen LogP contribution in [-0.2, 0) is 0 Å². The van der Waals surface area contributed by atoms with E-state index in [0.29, 0.717) is 5.66 Å². The molecule has 0 aliphatic rings. The average Bonchev–Trinajstić information content (AvgIpc) is 2.43. The summed E-state index contributed by atoms with van der Waals surface area (Å²) in [5.41, 5.74) is 1.95. The first-order valence-electron chi connectivity index (χ1n) is 8.19. The Bertz CT molecular complexity index is 625. The highest BCUT2D eigenvalue weighted by Crippen LogP contribution is 2.42. The fraction of sp³-hybridized carbons (Fsp3) is 0.500. The summed E-state index contributed by atoms with van der Waals surface area (Å²) in [4.78, 5) is 0. The number of fused-ring (bicyclic) bond motifs is 1. The molecule has 0 fully saturated rings. The fourth-order valence-corrected chi connectivity index (χ4v) is 4.17. The molecule has 0 aromatic heterocycles. The summed E-state index contributed by atoms with van der Waals surface area (Å²) in [7, 11) is 0.928. The van der Waals surface area contributed by atoms with E-state index in [2.05, 4.69) is 77.7 Å². The van der Waals surface area contributed by atoms with Gasteiger partial charge in [0.1, 0.15) is 11.4 Å². The Morgan fingerprint density at radius 3 is 2.23 bits per heavy atom. The molecular weight excluding hydrogens is 287 g/mol. The second-order valence-corrected chi connectivity index (χ2v) is 8.66. The lowest BCUT2D eigenvalue weighted by Gasteiger charge is -2.24. The lowest BCUT2D eigenvalue weighted by atomic mass is 9.96. The van der Waals surface area contributed by atoms with Crippen LogP contribution in [0.4, 0.5) is 0 Å². The summed E-state index contributed by atoms with van der Waals surface area (Å²) < 4.78 is 6.17. The van der Waals surface area contributed by atoms with Crippen molar-refractivity contribution in [2.75, 3.05) is 6.66 Å². The van der Waals surface area contributed by atoms with Crippen LogP contribution in [0.5, 0.6) is 5.75 Å². The highest BCUT2D eigenvalue weighted by atomic mass is 31.1. The van der Waals surface area contributed by atoms with E-state index in [1.54, 1.807) is 0 Å². The normalized spacial score (nSPS) is 14.1. The molecule has 2 aromatic rings. The molecule has 0 amide bonds. The minimum Gasteiger partial charge on any atom is -0.488 e. The molecule has 0 bridgehead atoms. The monoisotopic (exact) mass is 316 g/mol. The summed E-state index contributed by atoms with van der Waals surface area (Å²) in [5.74, 6) is 1.72. The number of benzene rings is 2. The van der Waals surface area contributed by atoms with Crippen LogP contribution in [-0.4, -0.2) is 12.3 Å². The predicted octanol–water partition coefficient (Wildman–Crippen LogP) is 6.41. The maximum absolute atomic E-state index is 6.17. The zero-order chi connectivity index (χ0) is 16.3. The lowest BCUT2D eigenvalue weighted by Crippen LogP contribution is -2.23. The van der Waals surface area contributed by atoms with Gasteiger partial charge in [0.2, 0.25) is 0 Å². The Morgan fingerprint density at radius 1 is 1.00 bits per heavy atom. The Kier molecular flexibility index (Phi) is 5.50. The molecule has 2 unspecified atom stereocenters. The third-order valence-corrected chi connectivity index (χ3v) is 5.01. The van der Waals surface area contributed by atoms with Crippen molar-refractivity contribution in [1.29, 1.82) is 0 Å². The van der Waals surface area contributed by atoms with Crippen molar-refractivity contribution in [3.05, 3.63) is 42.0 Å². The van der Waals surface area contributed by atoms with E-state index in [1.165, 1.54) is 22.8 Å². The lowest BCUT2D eigenvalue weighted by molar-refractivity contribution is 0.133.